The molecule has 194 valence electrons. The Hall–Kier alpha value is -4.14. The fraction of sp³-hybridized carbons (Fsp3) is 0.130. The molecule has 1 aliphatic rings. The minimum absolute atomic E-state index is 0.0325. The molecule has 1 aliphatic heterocycles. The number of aromatic carboxylic acids is 1. The van der Waals surface area contributed by atoms with Crippen molar-refractivity contribution in [2.75, 3.05) is 18.0 Å². The van der Waals surface area contributed by atoms with Gasteiger partial charge in [0.25, 0.3) is 10.0 Å². The summed E-state index contributed by atoms with van der Waals surface area (Å²) in [7, 11) is -8.19. The third-order valence-electron chi connectivity index (χ3n) is 5.39. The predicted molar refractivity (Wildman–Crippen MR) is 132 cm³/mol. The maximum Gasteiger partial charge on any atom is 0.352 e. The number of ether oxygens (including phenoxy) is 2. The highest BCUT2D eigenvalue weighted by Crippen LogP contribution is 2.41. The number of carboxylic acid groups (broad SMARTS) is 1. The van der Waals surface area contributed by atoms with E-state index in [4.69, 9.17) is 9.47 Å². The van der Waals surface area contributed by atoms with E-state index in [1.807, 2.05) is 0 Å². The molecule has 2 aromatic carbocycles. The largest absolute Gasteiger partial charge is 0.493 e. The van der Waals surface area contributed by atoms with Crippen LogP contribution < -0.4 is 17.9 Å². The first-order chi connectivity index (χ1) is 17.5. The topological polar surface area (TPSA) is 161 Å². The van der Waals surface area contributed by atoms with E-state index in [1.165, 1.54) is 66.3 Å². The van der Waals surface area contributed by atoms with E-state index in [0.29, 0.717) is 15.6 Å². The number of esters is 1. The van der Waals surface area contributed by atoms with E-state index in [9.17, 15) is 31.5 Å². The normalized spacial score (nSPS) is 13.5. The highest BCUT2D eigenvalue weighted by atomic mass is 32.3. The molecule has 12 nitrogen and oxygen atoms in total. The molecular formula is C23H21N3O9S2. The number of nitrogens with one attached hydrogen (secondary N) is 1. The molecule has 0 saturated carbocycles. The number of rotatable bonds is 9. The SMILES string of the molecule is C=CCn1c(C(=O)O)ccc1-c1cccc(S(=O)(=O)NS(=O)(=O)N2CC(=O)Oc3c(OC)cccc32)c1. The smallest absolute Gasteiger partial charge is 0.352 e. The van der Waals surface area contributed by atoms with Crippen LogP contribution in [0.15, 0.2) is 72.1 Å². The average Bonchev–Trinajstić information content (AvgIpc) is 3.27. The van der Waals surface area contributed by atoms with Gasteiger partial charge in [-0.25, -0.2) is 22.3 Å². The Balaban J connectivity index is 1.71. The molecule has 0 amide bonds. The summed E-state index contributed by atoms with van der Waals surface area (Å²) < 4.78 is 66.5. The van der Waals surface area contributed by atoms with Crippen LogP contribution in [0.25, 0.3) is 11.3 Å². The number of benzene rings is 2. The van der Waals surface area contributed by atoms with Crippen molar-refractivity contribution in [3.8, 4) is 22.8 Å². The van der Waals surface area contributed by atoms with Crippen LogP contribution in [0.4, 0.5) is 5.69 Å². The summed E-state index contributed by atoms with van der Waals surface area (Å²) in [4.78, 5) is 23.3. The van der Waals surface area contributed by atoms with E-state index in [1.54, 1.807) is 10.2 Å². The molecule has 4 rings (SSSR count). The molecule has 0 bridgehead atoms. The van der Waals surface area contributed by atoms with E-state index in [0.717, 1.165) is 0 Å². The summed E-state index contributed by atoms with van der Waals surface area (Å²) in [6, 6.07) is 12.5. The molecule has 14 heteroatoms. The lowest BCUT2D eigenvalue weighted by molar-refractivity contribution is -0.133. The van der Waals surface area contributed by atoms with Crippen molar-refractivity contribution in [2.45, 2.75) is 11.4 Å². The first-order valence-electron chi connectivity index (χ1n) is 10.6. The lowest BCUT2D eigenvalue weighted by Crippen LogP contribution is -2.48. The number of hydrogen-bond acceptors (Lipinski definition) is 8. The van der Waals surface area contributed by atoms with E-state index >= 15 is 0 Å². The molecule has 0 unspecified atom stereocenters. The number of methoxy groups -OCH3 is 1. The van der Waals surface area contributed by atoms with Crippen molar-refractivity contribution in [3.63, 3.8) is 0 Å². The number of aromatic nitrogens is 1. The number of carbonyl (C=O) groups excluding carboxylic acids is 1. The number of carboxylic acids is 1. The molecule has 3 aromatic rings. The van der Waals surface area contributed by atoms with Gasteiger partial charge >= 0.3 is 22.1 Å². The summed E-state index contributed by atoms with van der Waals surface area (Å²) in [6.45, 7) is 2.99. The third-order valence-corrected chi connectivity index (χ3v) is 8.89. The highest BCUT2D eigenvalue weighted by molar-refractivity contribution is 8.05. The monoisotopic (exact) mass is 547 g/mol. The summed E-state index contributed by atoms with van der Waals surface area (Å²) in [5.41, 5.74) is 0.594. The van der Waals surface area contributed by atoms with Crippen LogP contribution in [-0.4, -0.2) is 52.1 Å². The van der Waals surface area contributed by atoms with Gasteiger partial charge in [-0.3, -0.25) is 0 Å². The zero-order chi connectivity index (χ0) is 27.0. The van der Waals surface area contributed by atoms with Gasteiger partial charge < -0.3 is 19.1 Å². The van der Waals surface area contributed by atoms with Crippen LogP contribution in [0.1, 0.15) is 10.5 Å². The maximum atomic E-state index is 13.2. The number of hydrogen-bond donors (Lipinski definition) is 2. The minimum Gasteiger partial charge on any atom is -0.493 e. The number of sulfonamides is 1. The van der Waals surface area contributed by atoms with Crippen LogP contribution in [-0.2, 0) is 31.6 Å². The fourth-order valence-corrected chi connectivity index (χ4v) is 6.89. The van der Waals surface area contributed by atoms with Crippen molar-refractivity contribution in [1.29, 1.82) is 0 Å². The molecule has 0 spiro atoms. The first-order valence-corrected chi connectivity index (χ1v) is 13.5. The number of fused-ring (bicyclic) bond motifs is 1. The zero-order valence-corrected chi connectivity index (χ0v) is 21.0. The minimum atomic E-state index is -4.82. The van der Waals surface area contributed by atoms with E-state index in [-0.39, 0.29) is 29.4 Å². The van der Waals surface area contributed by atoms with Crippen molar-refractivity contribution in [3.05, 3.63) is 72.9 Å². The highest BCUT2D eigenvalue weighted by Gasteiger charge is 2.37. The Kier molecular flexibility index (Phi) is 6.82. The van der Waals surface area contributed by atoms with E-state index in [2.05, 4.69) is 6.58 Å². The first kappa shape index (κ1) is 25.9. The van der Waals surface area contributed by atoms with Gasteiger partial charge in [0.15, 0.2) is 11.5 Å². The Morgan fingerprint density at radius 1 is 1.16 bits per heavy atom. The second-order valence-electron chi connectivity index (χ2n) is 7.72. The van der Waals surface area contributed by atoms with Gasteiger partial charge in [0.05, 0.1) is 12.0 Å². The predicted octanol–water partition coefficient (Wildman–Crippen LogP) is 2.00. The number of carbonyl (C=O) groups is 2. The molecule has 0 atom stereocenters. The number of para-hydroxylation sites is 1. The lowest BCUT2D eigenvalue weighted by atomic mass is 10.1. The summed E-state index contributed by atoms with van der Waals surface area (Å²) in [5.74, 6) is -2.19. The fourth-order valence-electron chi connectivity index (χ4n) is 3.81. The molecule has 2 heterocycles. The van der Waals surface area contributed by atoms with Gasteiger partial charge in [0.1, 0.15) is 17.9 Å². The zero-order valence-electron chi connectivity index (χ0n) is 19.3. The number of nitrogens with zero attached hydrogens (tertiary/aromatic N) is 2. The lowest BCUT2D eigenvalue weighted by Gasteiger charge is -2.29. The van der Waals surface area contributed by atoms with Gasteiger partial charge in [0, 0.05) is 12.2 Å². The summed E-state index contributed by atoms with van der Waals surface area (Å²) in [6.07, 6.45) is 1.49. The Bertz CT molecular complexity index is 1630. The molecule has 0 radical (unpaired) electrons. The Morgan fingerprint density at radius 3 is 2.57 bits per heavy atom. The van der Waals surface area contributed by atoms with E-state index < -0.39 is 43.6 Å². The molecule has 37 heavy (non-hydrogen) atoms. The van der Waals surface area contributed by atoms with Crippen LogP contribution >= 0.6 is 0 Å². The number of allylic oxidation sites excluding steroid dienone is 1. The van der Waals surface area contributed by atoms with Crippen LogP contribution in [0.5, 0.6) is 11.5 Å². The number of anilines is 1. The van der Waals surface area contributed by atoms with Gasteiger partial charge in [-0.1, -0.05) is 28.4 Å². The maximum absolute atomic E-state index is 13.2. The third kappa shape index (κ3) is 4.94. The summed E-state index contributed by atoms with van der Waals surface area (Å²) in [5, 5.41) is 9.44. The van der Waals surface area contributed by atoms with Gasteiger partial charge in [-0.2, -0.15) is 8.42 Å². The van der Waals surface area contributed by atoms with Crippen molar-refractivity contribution >= 4 is 37.9 Å². The van der Waals surface area contributed by atoms with Crippen LogP contribution in [0, 0.1) is 0 Å². The second kappa shape index (κ2) is 9.72. The Labute approximate surface area is 212 Å². The standard InChI is InChI=1S/C23H21N3O9S2/c1-3-12-25-17(10-11-19(25)23(28)29)15-6-4-7-16(13-15)36(30,31)24-37(32,33)26-14-21(27)35-22-18(26)8-5-9-20(22)34-2/h3-11,13,24H,1,12,14H2,2H3,(H,28,29). The van der Waals surface area contributed by atoms with Crippen LogP contribution in [0.2, 0.25) is 0 Å². The van der Waals surface area contributed by atoms with Gasteiger partial charge in [-0.05, 0) is 42.0 Å². The van der Waals surface area contributed by atoms with Crippen molar-refractivity contribution in [2.24, 2.45) is 0 Å². The summed E-state index contributed by atoms with van der Waals surface area (Å²) >= 11 is 0. The molecule has 2 N–H and O–H groups in total. The molecule has 0 aliphatic carbocycles. The average molecular weight is 548 g/mol. The van der Waals surface area contributed by atoms with Gasteiger partial charge in [0.2, 0.25) is 0 Å². The molecule has 0 fully saturated rings. The molecular weight excluding hydrogens is 526 g/mol. The van der Waals surface area contributed by atoms with Crippen molar-refractivity contribution < 1.29 is 41.0 Å². The van der Waals surface area contributed by atoms with Gasteiger partial charge in [-0.15, -0.1) is 6.58 Å². The Morgan fingerprint density at radius 2 is 1.89 bits per heavy atom. The van der Waals surface area contributed by atoms with Crippen LogP contribution in [0.3, 0.4) is 0 Å². The second-order valence-corrected chi connectivity index (χ2v) is 11.3. The molecule has 0 saturated heterocycles. The quantitative estimate of drug-likeness (QED) is 0.232. The van der Waals surface area contributed by atoms with Crippen molar-refractivity contribution in [1.82, 2.24) is 8.69 Å². The molecule has 1 aromatic heterocycles.